The van der Waals surface area contributed by atoms with Crippen LogP contribution in [0.15, 0.2) is 48.5 Å². The van der Waals surface area contributed by atoms with Crippen LogP contribution in [0.3, 0.4) is 0 Å². The van der Waals surface area contributed by atoms with Crippen molar-refractivity contribution in [1.82, 2.24) is 9.97 Å². The zero-order chi connectivity index (χ0) is 19.8. The first-order valence-corrected chi connectivity index (χ1v) is 10.1. The van der Waals surface area contributed by atoms with Crippen molar-refractivity contribution in [2.75, 3.05) is 42.6 Å². The minimum absolute atomic E-state index is 0.232. The first kappa shape index (κ1) is 18.2. The number of benzene rings is 2. The van der Waals surface area contributed by atoms with Gasteiger partial charge in [-0.2, -0.15) is 4.98 Å². The van der Waals surface area contributed by atoms with Crippen LogP contribution in [0.25, 0.3) is 11.3 Å². The average Bonchev–Trinajstić information content (AvgIpc) is 3.18. The molecule has 0 aliphatic carbocycles. The van der Waals surface area contributed by atoms with E-state index in [2.05, 4.69) is 9.80 Å². The van der Waals surface area contributed by atoms with Crippen molar-refractivity contribution in [1.29, 1.82) is 0 Å². The Morgan fingerprint density at radius 1 is 0.966 bits per heavy atom. The molecule has 0 saturated carbocycles. The van der Waals surface area contributed by atoms with E-state index in [-0.39, 0.29) is 5.75 Å². The summed E-state index contributed by atoms with van der Waals surface area (Å²) in [6, 6.07) is 15.1. The number of fused-ring (bicyclic) bond motifs is 1. The van der Waals surface area contributed by atoms with Gasteiger partial charge in [-0.25, -0.2) is 4.98 Å². The van der Waals surface area contributed by atoms with Crippen molar-refractivity contribution in [2.24, 2.45) is 0 Å². The number of aromatic nitrogens is 2. The molecular weight excluding hydrogens is 388 g/mol. The number of hydrogen-bond donors (Lipinski definition) is 1. The Morgan fingerprint density at radius 2 is 1.76 bits per heavy atom. The first-order chi connectivity index (χ1) is 14.2. The number of nitrogens with zero attached hydrogens (tertiary/aromatic N) is 4. The molecule has 5 rings (SSSR count). The fourth-order valence-corrected chi connectivity index (χ4v) is 4.04. The summed E-state index contributed by atoms with van der Waals surface area (Å²) in [7, 11) is 0. The quantitative estimate of drug-likeness (QED) is 0.705. The maximum Gasteiger partial charge on any atom is 0.228 e. The number of ether oxygens (including phenoxy) is 1. The second kappa shape index (κ2) is 7.54. The van der Waals surface area contributed by atoms with Crippen LogP contribution >= 0.6 is 11.6 Å². The molecule has 0 unspecified atom stereocenters. The van der Waals surface area contributed by atoms with E-state index in [1.165, 1.54) is 0 Å². The summed E-state index contributed by atoms with van der Waals surface area (Å²) in [6.45, 7) is 3.69. The van der Waals surface area contributed by atoms with Crippen LogP contribution in [0.2, 0.25) is 5.02 Å². The Morgan fingerprint density at radius 3 is 2.52 bits per heavy atom. The van der Waals surface area contributed by atoms with Gasteiger partial charge in [-0.3, -0.25) is 0 Å². The Kier molecular flexibility index (Phi) is 4.73. The smallest absolute Gasteiger partial charge is 0.228 e. The molecule has 0 amide bonds. The fraction of sp³-hybridized carbons (Fsp3) is 0.273. The van der Waals surface area contributed by atoms with Crippen LogP contribution in [0.5, 0.6) is 5.75 Å². The molecule has 1 fully saturated rings. The topological polar surface area (TPSA) is 61.7 Å². The third-order valence-electron chi connectivity index (χ3n) is 5.37. The largest absolute Gasteiger partial charge is 0.508 e. The molecule has 2 aromatic carbocycles. The zero-order valence-corrected chi connectivity index (χ0v) is 16.6. The number of morpholine rings is 1. The van der Waals surface area contributed by atoms with Gasteiger partial charge in [0.1, 0.15) is 11.6 Å². The van der Waals surface area contributed by atoms with Crippen LogP contribution in [-0.2, 0) is 11.2 Å². The highest BCUT2D eigenvalue weighted by atomic mass is 35.5. The summed E-state index contributed by atoms with van der Waals surface area (Å²) in [5, 5.41) is 10.7. The first-order valence-electron chi connectivity index (χ1n) is 9.75. The van der Waals surface area contributed by atoms with E-state index in [1.54, 1.807) is 12.1 Å². The van der Waals surface area contributed by atoms with E-state index in [0.29, 0.717) is 24.2 Å². The summed E-state index contributed by atoms with van der Waals surface area (Å²) in [6.07, 6.45) is 0.840. The molecule has 3 aromatic rings. The highest BCUT2D eigenvalue weighted by Crippen LogP contribution is 2.40. The van der Waals surface area contributed by atoms with Gasteiger partial charge in [0, 0.05) is 41.5 Å². The molecule has 1 aromatic heterocycles. The molecule has 0 radical (unpaired) electrons. The molecule has 29 heavy (non-hydrogen) atoms. The number of aromatic hydroxyl groups is 1. The van der Waals surface area contributed by atoms with E-state index < -0.39 is 0 Å². The van der Waals surface area contributed by atoms with Crippen LogP contribution in [0.4, 0.5) is 17.5 Å². The second-order valence-electron chi connectivity index (χ2n) is 7.20. The van der Waals surface area contributed by atoms with Gasteiger partial charge in [-0.05, 0) is 42.8 Å². The maximum atomic E-state index is 10.0. The molecule has 148 valence electrons. The normalized spacial score (nSPS) is 16.2. The highest BCUT2D eigenvalue weighted by Gasteiger charge is 2.29. The molecular formula is C22H21ClN4O2. The third kappa shape index (κ3) is 3.50. The second-order valence-corrected chi connectivity index (χ2v) is 7.64. The van der Waals surface area contributed by atoms with Gasteiger partial charge in [-0.1, -0.05) is 23.7 Å². The van der Waals surface area contributed by atoms with Crippen LogP contribution in [0.1, 0.15) is 5.56 Å². The zero-order valence-electron chi connectivity index (χ0n) is 15.9. The molecule has 0 atom stereocenters. The Labute approximate surface area is 174 Å². The molecule has 1 saturated heterocycles. The SMILES string of the molecule is Oc1cccc(-c2nc(N3CCOCC3)nc3c2CCN3c2ccc(Cl)cc2)c1. The molecule has 1 N–H and O–H groups in total. The molecule has 6 nitrogen and oxygen atoms in total. The minimum atomic E-state index is 0.232. The predicted molar refractivity (Wildman–Crippen MR) is 114 cm³/mol. The van der Waals surface area contributed by atoms with Gasteiger partial charge in [0.2, 0.25) is 5.95 Å². The van der Waals surface area contributed by atoms with Crippen molar-refractivity contribution < 1.29 is 9.84 Å². The highest BCUT2D eigenvalue weighted by molar-refractivity contribution is 6.30. The van der Waals surface area contributed by atoms with E-state index in [0.717, 1.165) is 54.4 Å². The van der Waals surface area contributed by atoms with Gasteiger partial charge >= 0.3 is 0 Å². The van der Waals surface area contributed by atoms with Gasteiger partial charge < -0.3 is 19.6 Å². The lowest BCUT2D eigenvalue weighted by molar-refractivity contribution is 0.122. The summed E-state index contributed by atoms with van der Waals surface area (Å²) in [5.74, 6) is 1.85. The average molecular weight is 409 g/mol. The lowest BCUT2D eigenvalue weighted by atomic mass is 10.1. The molecule has 3 heterocycles. The van der Waals surface area contributed by atoms with E-state index in [9.17, 15) is 5.11 Å². The van der Waals surface area contributed by atoms with Crippen LogP contribution in [0, 0.1) is 0 Å². The molecule has 0 bridgehead atoms. The van der Waals surface area contributed by atoms with E-state index in [4.69, 9.17) is 26.3 Å². The summed E-state index contributed by atoms with van der Waals surface area (Å²) >= 11 is 6.08. The van der Waals surface area contributed by atoms with Crippen LogP contribution in [-0.4, -0.2) is 47.9 Å². The van der Waals surface area contributed by atoms with Gasteiger partial charge in [0.25, 0.3) is 0 Å². The van der Waals surface area contributed by atoms with Gasteiger partial charge in [-0.15, -0.1) is 0 Å². The lowest BCUT2D eigenvalue weighted by Gasteiger charge is -2.28. The molecule has 0 spiro atoms. The minimum Gasteiger partial charge on any atom is -0.508 e. The van der Waals surface area contributed by atoms with E-state index in [1.807, 2.05) is 36.4 Å². The third-order valence-corrected chi connectivity index (χ3v) is 5.62. The Hall–Kier alpha value is -2.83. The van der Waals surface area contributed by atoms with E-state index >= 15 is 0 Å². The monoisotopic (exact) mass is 408 g/mol. The number of halogens is 1. The summed E-state index contributed by atoms with van der Waals surface area (Å²) in [5.41, 5.74) is 3.93. The molecule has 2 aliphatic rings. The van der Waals surface area contributed by atoms with Gasteiger partial charge in [0.15, 0.2) is 0 Å². The van der Waals surface area contributed by atoms with Crippen molar-refractivity contribution in [2.45, 2.75) is 6.42 Å². The maximum absolute atomic E-state index is 10.0. The van der Waals surface area contributed by atoms with Crippen molar-refractivity contribution in [3.05, 3.63) is 59.1 Å². The van der Waals surface area contributed by atoms with Crippen molar-refractivity contribution in [3.8, 4) is 17.0 Å². The number of phenolic OH excluding ortho intramolecular Hbond substituents is 1. The number of phenols is 1. The fourth-order valence-electron chi connectivity index (χ4n) is 3.91. The summed E-state index contributed by atoms with van der Waals surface area (Å²) < 4.78 is 5.49. The summed E-state index contributed by atoms with van der Waals surface area (Å²) in [4.78, 5) is 14.3. The molecule has 2 aliphatic heterocycles. The van der Waals surface area contributed by atoms with Crippen LogP contribution < -0.4 is 9.80 Å². The number of rotatable bonds is 3. The lowest BCUT2D eigenvalue weighted by Crippen LogP contribution is -2.37. The van der Waals surface area contributed by atoms with Crippen molar-refractivity contribution >= 4 is 29.1 Å². The van der Waals surface area contributed by atoms with Gasteiger partial charge in [0.05, 0.1) is 18.9 Å². The predicted octanol–water partition coefficient (Wildman–Crippen LogP) is 4.03. The number of hydrogen-bond acceptors (Lipinski definition) is 6. The number of anilines is 3. The Balaban J connectivity index is 1.64. The Bertz CT molecular complexity index is 1040. The van der Waals surface area contributed by atoms with Crippen molar-refractivity contribution in [3.63, 3.8) is 0 Å². The standard InChI is InChI=1S/C22H21ClN4O2/c23-16-4-6-17(7-5-16)27-9-8-19-20(15-2-1-3-18(28)14-15)24-22(25-21(19)27)26-10-12-29-13-11-26/h1-7,14,28H,8-13H2. The molecule has 7 heteroatoms.